The number of benzene rings is 1. The van der Waals surface area contributed by atoms with E-state index in [0.29, 0.717) is 11.4 Å². The lowest BCUT2D eigenvalue weighted by Gasteiger charge is -2.03. The van der Waals surface area contributed by atoms with Gasteiger partial charge in [0.25, 0.3) is 0 Å². The maximum Gasteiger partial charge on any atom is 0.159 e. The molecule has 0 aliphatic rings. The molecule has 2 rings (SSSR count). The smallest absolute Gasteiger partial charge is 0.159 e. The highest BCUT2D eigenvalue weighted by molar-refractivity contribution is 5.56. The van der Waals surface area contributed by atoms with Crippen LogP contribution in [0.1, 0.15) is 50.2 Å². The first-order valence-electron chi connectivity index (χ1n) is 7.65. The summed E-state index contributed by atoms with van der Waals surface area (Å²) in [5.41, 5.74) is 2.80. The largest absolute Gasteiger partial charge is 0.236 e. The van der Waals surface area contributed by atoms with Crippen LogP contribution in [0, 0.1) is 11.3 Å². The highest BCUT2D eigenvalue weighted by Crippen LogP contribution is 2.16. The van der Waals surface area contributed by atoms with Crippen molar-refractivity contribution in [3.8, 4) is 17.5 Å². The molecular weight excluding hydrogens is 258 g/mol. The van der Waals surface area contributed by atoms with Crippen molar-refractivity contribution in [1.29, 1.82) is 5.26 Å². The Labute approximate surface area is 126 Å². The molecule has 1 aromatic heterocycles. The summed E-state index contributed by atoms with van der Waals surface area (Å²) in [6, 6.07) is 9.47. The summed E-state index contributed by atoms with van der Waals surface area (Å²) in [6.45, 7) is 2.23. The molecule has 2 aromatic rings. The molecule has 3 heteroatoms. The number of hydrogen-bond acceptors (Lipinski definition) is 3. The van der Waals surface area contributed by atoms with Gasteiger partial charge >= 0.3 is 0 Å². The fourth-order valence-corrected chi connectivity index (χ4v) is 2.26. The molecule has 0 saturated carbocycles. The molecule has 0 bridgehead atoms. The molecule has 0 atom stereocenters. The number of hydrogen-bond donors (Lipinski definition) is 0. The lowest BCUT2D eigenvalue weighted by Crippen LogP contribution is -1.93. The van der Waals surface area contributed by atoms with E-state index in [1.807, 2.05) is 24.5 Å². The van der Waals surface area contributed by atoms with Crippen LogP contribution < -0.4 is 0 Å². The molecule has 0 N–H and O–H groups in total. The van der Waals surface area contributed by atoms with Gasteiger partial charge in [-0.25, -0.2) is 9.97 Å². The number of unbranched alkanes of at least 4 members (excludes halogenated alkanes) is 4. The van der Waals surface area contributed by atoms with Crippen LogP contribution in [0.5, 0.6) is 0 Å². The van der Waals surface area contributed by atoms with E-state index < -0.39 is 0 Å². The van der Waals surface area contributed by atoms with Gasteiger partial charge in [0.2, 0.25) is 0 Å². The van der Waals surface area contributed by atoms with Crippen LogP contribution in [0.25, 0.3) is 11.4 Å². The van der Waals surface area contributed by atoms with Crippen LogP contribution in [0.15, 0.2) is 36.7 Å². The summed E-state index contributed by atoms with van der Waals surface area (Å²) in [7, 11) is 0. The monoisotopic (exact) mass is 279 g/mol. The molecule has 0 unspecified atom stereocenters. The van der Waals surface area contributed by atoms with Crippen molar-refractivity contribution in [1.82, 2.24) is 9.97 Å². The molecule has 0 amide bonds. The summed E-state index contributed by atoms with van der Waals surface area (Å²) in [5, 5.41) is 8.79. The van der Waals surface area contributed by atoms with Crippen LogP contribution in [0.2, 0.25) is 0 Å². The van der Waals surface area contributed by atoms with Crippen molar-refractivity contribution in [3.63, 3.8) is 0 Å². The maximum absolute atomic E-state index is 8.79. The molecular formula is C18H21N3. The van der Waals surface area contributed by atoms with Gasteiger partial charge in [-0.3, -0.25) is 0 Å². The van der Waals surface area contributed by atoms with Gasteiger partial charge in [-0.15, -0.1) is 0 Å². The lowest BCUT2D eigenvalue weighted by atomic mass is 10.1. The number of nitriles is 1. The van der Waals surface area contributed by atoms with Crippen molar-refractivity contribution in [2.24, 2.45) is 0 Å². The molecule has 0 fully saturated rings. The van der Waals surface area contributed by atoms with Crippen molar-refractivity contribution >= 4 is 0 Å². The fourth-order valence-electron chi connectivity index (χ4n) is 2.26. The average Bonchev–Trinajstić information content (AvgIpc) is 2.55. The molecule has 3 nitrogen and oxygen atoms in total. The number of rotatable bonds is 7. The predicted octanol–water partition coefficient (Wildman–Crippen LogP) is 4.53. The molecule has 0 radical (unpaired) electrons. The van der Waals surface area contributed by atoms with Crippen molar-refractivity contribution in [2.45, 2.75) is 45.4 Å². The minimum atomic E-state index is 0.655. The fraction of sp³-hybridized carbons (Fsp3) is 0.389. The van der Waals surface area contributed by atoms with Gasteiger partial charge in [-0.1, -0.05) is 32.6 Å². The molecule has 0 saturated heterocycles. The first-order valence-corrected chi connectivity index (χ1v) is 7.65. The molecule has 0 aliphatic carbocycles. The van der Waals surface area contributed by atoms with E-state index in [0.717, 1.165) is 12.0 Å². The summed E-state index contributed by atoms with van der Waals surface area (Å²) in [6.07, 6.45) is 11.3. The Balaban J connectivity index is 1.90. The standard InChI is InChI=1S/C18H21N3/c1-2-3-4-5-6-7-16-13-20-18(21-14-16)17-10-8-15(12-19)9-11-17/h8-11,13-14H,2-7H2,1H3. The van der Waals surface area contributed by atoms with Crippen LogP contribution >= 0.6 is 0 Å². The van der Waals surface area contributed by atoms with E-state index in [1.54, 1.807) is 12.1 Å². The van der Waals surface area contributed by atoms with Crippen LogP contribution in [-0.4, -0.2) is 9.97 Å². The van der Waals surface area contributed by atoms with Gasteiger partial charge in [-0.05, 0) is 42.7 Å². The Morgan fingerprint density at radius 3 is 2.24 bits per heavy atom. The number of aromatic nitrogens is 2. The summed E-state index contributed by atoms with van der Waals surface area (Å²) < 4.78 is 0. The Kier molecular flexibility index (Phi) is 5.90. The SMILES string of the molecule is CCCCCCCc1cnc(-c2ccc(C#N)cc2)nc1. The Morgan fingerprint density at radius 2 is 1.62 bits per heavy atom. The third kappa shape index (κ3) is 4.68. The molecule has 0 aliphatic heterocycles. The Bertz CT molecular complexity index is 579. The van der Waals surface area contributed by atoms with Crippen LogP contribution in [0.4, 0.5) is 0 Å². The first kappa shape index (κ1) is 15.2. The molecule has 0 spiro atoms. The van der Waals surface area contributed by atoms with Gasteiger partial charge in [0.15, 0.2) is 5.82 Å². The van der Waals surface area contributed by atoms with Gasteiger partial charge in [0.05, 0.1) is 11.6 Å². The molecule has 1 aromatic carbocycles. The topological polar surface area (TPSA) is 49.6 Å². The second kappa shape index (κ2) is 8.16. The minimum absolute atomic E-state index is 0.655. The van der Waals surface area contributed by atoms with E-state index >= 15 is 0 Å². The zero-order valence-corrected chi connectivity index (χ0v) is 12.5. The van der Waals surface area contributed by atoms with Crippen molar-refractivity contribution < 1.29 is 0 Å². The van der Waals surface area contributed by atoms with Crippen LogP contribution in [0.3, 0.4) is 0 Å². The van der Waals surface area contributed by atoms with E-state index in [2.05, 4.69) is 23.0 Å². The van der Waals surface area contributed by atoms with Gasteiger partial charge in [0, 0.05) is 18.0 Å². The predicted molar refractivity (Wildman–Crippen MR) is 84.6 cm³/mol. The minimum Gasteiger partial charge on any atom is -0.236 e. The molecule has 21 heavy (non-hydrogen) atoms. The Hall–Kier alpha value is -2.21. The van der Waals surface area contributed by atoms with Gasteiger partial charge in [-0.2, -0.15) is 5.26 Å². The number of aryl methyl sites for hydroxylation is 1. The molecule has 1 heterocycles. The highest BCUT2D eigenvalue weighted by Gasteiger charge is 2.02. The third-order valence-corrected chi connectivity index (χ3v) is 3.55. The third-order valence-electron chi connectivity index (χ3n) is 3.55. The van der Waals surface area contributed by atoms with E-state index in [-0.39, 0.29) is 0 Å². The van der Waals surface area contributed by atoms with Gasteiger partial charge in [0.1, 0.15) is 0 Å². The van der Waals surface area contributed by atoms with Crippen LogP contribution in [-0.2, 0) is 6.42 Å². The zero-order chi connectivity index (χ0) is 14.9. The van der Waals surface area contributed by atoms with E-state index in [1.165, 1.54) is 37.7 Å². The van der Waals surface area contributed by atoms with Gasteiger partial charge < -0.3 is 0 Å². The normalized spacial score (nSPS) is 10.3. The van der Waals surface area contributed by atoms with E-state index in [4.69, 9.17) is 5.26 Å². The summed E-state index contributed by atoms with van der Waals surface area (Å²) in [4.78, 5) is 8.85. The summed E-state index contributed by atoms with van der Waals surface area (Å²) in [5.74, 6) is 0.717. The first-order chi connectivity index (χ1) is 10.3. The second-order valence-electron chi connectivity index (χ2n) is 5.27. The maximum atomic E-state index is 8.79. The average molecular weight is 279 g/mol. The molecule has 108 valence electrons. The second-order valence-corrected chi connectivity index (χ2v) is 5.27. The lowest BCUT2D eigenvalue weighted by molar-refractivity contribution is 0.631. The Morgan fingerprint density at radius 1 is 0.952 bits per heavy atom. The zero-order valence-electron chi connectivity index (χ0n) is 12.5. The van der Waals surface area contributed by atoms with Crippen molar-refractivity contribution in [3.05, 3.63) is 47.8 Å². The van der Waals surface area contributed by atoms with Crippen molar-refractivity contribution in [2.75, 3.05) is 0 Å². The highest BCUT2D eigenvalue weighted by atomic mass is 14.9. The quantitative estimate of drug-likeness (QED) is 0.700. The summed E-state index contributed by atoms with van der Waals surface area (Å²) >= 11 is 0. The number of nitrogens with zero attached hydrogens (tertiary/aromatic N) is 3. The van der Waals surface area contributed by atoms with E-state index in [9.17, 15) is 0 Å².